The number of likely N-dealkylation sites (tertiary alicyclic amines) is 1. The first-order valence-electron chi connectivity index (χ1n) is 7.71. The predicted molar refractivity (Wildman–Crippen MR) is 84.6 cm³/mol. The Morgan fingerprint density at radius 1 is 1.48 bits per heavy atom. The summed E-state index contributed by atoms with van der Waals surface area (Å²) in [6.45, 7) is 4.04. The average Bonchev–Trinajstić information content (AvgIpc) is 2.83. The molecule has 0 spiro atoms. The van der Waals surface area contributed by atoms with Gasteiger partial charge in [-0.25, -0.2) is 0 Å². The van der Waals surface area contributed by atoms with Gasteiger partial charge in [0.1, 0.15) is 5.78 Å². The van der Waals surface area contributed by atoms with Gasteiger partial charge >= 0.3 is 0 Å². The number of rotatable bonds is 6. The zero-order valence-electron chi connectivity index (χ0n) is 12.7. The first kappa shape index (κ1) is 18.3. The van der Waals surface area contributed by atoms with E-state index < -0.39 is 5.92 Å². The molecular weight excluding hydrogens is 290 g/mol. The maximum Gasteiger partial charge on any atom is 0.166 e. The second-order valence-electron chi connectivity index (χ2n) is 6.08. The maximum atomic E-state index is 12.5. The summed E-state index contributed by atoms with van der Waals surface area (Å²) >= 11 is 0. The van der Waals surface area contributed by atoms with Gasteiger partial charge in [-0.2, -0.15) is 0 Å². The van der Waals surface area contributed by atoms with Crippen LogP contribution in [0, 0.1) is 11.8 Å². The van der Waals surface area contributed by atoms with Gasteiger partial charge in [-0.05, 0) is 44.2 Å². The summed E-state index contributed by atoms with van der Waals surface area (Å²) in [7, 11) is 0. The third kappa shape index (κ3) is 4.63. The van der Waals surface area contributed by atoms with E-state index in [2.05, 4.69) is 4.90 Å². The van der Waals surface area contributed by atoms with E-state index in [0.29, 0.717) is 6.42 Å². The van der Waals surface area contributed by atoms with Gasteiger partial charge in [0.25, 0.3) is 0 Å². The van der Waals surface area contributed by atoms with E-state index in [-0.39, 0.29) is 42.5 Å². The molecule has 5 heteroatoms. The summed E-state index contributed by atoms with van der Waals surface area (Å²) in [5.74, 6) is -0.214. The number of halogens is 1. The summed E-state index contributed by atoms with van der Waals surface area (Å²) in [5.41, 5.74) is 0. The molecule has 4 nitrogen and oxygen atoms in total. The molecule has 0 amide bonds. The van der Waals surface area contributed by atoms with E-state index in [1.165, 1.54) is 0 Å². The Bertz CT molecular complexity index is 397. The Morgan fingerprint density at radius 3 is 2.90 bits per heavy atom. The smallest absolute Gasteiger partial charge is 0.166 e. The van der Waals surface area contributed by atoms with Gasteiger partial charge in [-0.15, -0.1) is 12.4 Å². The van der Waals surface area contributed by atoms with E-state index in [4.69, 9.17) is 5.11 Å². The van der Waals surface area contributed by atoms with Crippen molar-refractivity contribution in [3.8, 4) is 0 Å². The largest absolute Gasteiger partial charge is 0.396 e. The summed E-state index contributed by atoms with van der Waals surface area (Å²) in [4.78, 5) is 26.7. The van der Waals surface area contributed by atoms with Crippen molar-refractivity contribution < 1.29 is 14.7 Å². The van der Waals surface area contributed by atoms with Crippen molar-refractivity contribution in [2.75, 3.05) is 19.7 Å². The zero-order chi connectivity index (χ0) is 14.5. The van der Waals surface area contributed by atoms with Crippen LogP contribution in [0.4, 0.5) is 0 Å². The van der Waals surface area contributed by atoms with Crippen molar-refractivity contribution in [1.82, 2.24) is 4.90 Å². The molecule has 1 fully saturated rings. The molecule has 2 aliphatic rings. The maximum absolute atomic E-state index is 12.5. The summed E-state index contributed by atoms with van der Waals surface area (Å²) in [6, 6.07) is 0.264. The Kier molecular flexibility index (Phi) is 7.57. The number of nitrogens with zero attached hydrogens (tertiary/aromatic N) is 1. The van der Waals surface area contributed by atoms with E-state index in [1.807, 2.05) is 13.0 Å². The molecule has 0 bridgehead atoms. The highest BCUT2D eigenvalue weighted by Gasteiger charge is 2.35. The lowest BCUT2D eigenvalue weighted by Crippen LogP contribution is -2.37. The highest BCUT2D eigenvalue weighted by Crippen LogP contribution is 2.28. The molecule has 1 saturated heterocycles. The topological polar surface area (TPSA) is 57.6 Å². The zero-order valence-corrected chi connectivity index (χ0v) is 13.5. The SMILES string of the molecule is C[C@H]1CC=CC(=O)[C@@H]1C(=O)CC1CCCN1CCCO.Cl. The summed E-state index contributed by atoms with van der Waals surface area (Å²) < 4.78 is 0. The van der Waals surface area contributed by atoms with Crippen molar-refractivity contribution in [2.45, 2.75) is 45.1 Å². The molecule has 1 unspecified atom stereocenters. The van der Waals surface area contributed by atoms with Crippen LogP contribution in [0.1, 0.15) is 39.0 Å². The molecule has 0 aromatic heterocycles. The highest BCUT2D eigenvalue weighted by atomic mass is 35.5. The fourth-order valence-corrected chi connectivity index (χ4v) is 3.45. The molecule has 0 radical (unpaired) electrons. The normalized spacial score (nSPS) is 29.4. The lowest BCUT2D eigenvalue weighted by Gasteiger charge is -2.27. The fraction of sp³-hybridized carbons (Fsp3) is 0.750. The molecule has 0 saturated carbocycles. The number of carbonyl (C=O) groups is 2. The van der Waals surface area contributed by atoms with Crippen LogP contribution in [-0.2, 0) is 9.59 Å². The Morgan fingerprint density at radius 2 is 2.24 bits per heavy atom. The van der Waals surface area contributed by atoms with E-state index in [1.54, 1.807) is 6.08 Å². The van der Waals surface area contributed by atoms with E-state index in [0.717, 1.165) is 38.8 Å². The fourth-order valence-electron chi connectivity index (χ4n) is 3.45. The number of aliphatic hydroxyl groups excluding tert-OH is 1. The van der Waals surface area contributed by atoms with Crippen LogP contribution in [0.5, 0.6) is 0 Å². The lowest BCUT2D eigenvalue weighted by atomic mass is 9.79. The monoisotopic (exact) mass is 315 g/mol. The van der Waals surface area contributed by atoms with Crippen LogP contribution < -0.4 is 0 Å². The molecule has 1 N–H and O–H groups in total. The number of carbonyl (C=O) groups excluding carboxylic acids is 2. The number of ketones is 2. The van der Waals surface area contributed by atoms with Crippen LogP contribution >= 0.6 is 12.4 Å². The molecule has 21 heavy (non-hydrogen) atoms. The number of allylic oxidation sites excluding steroid dienone is 2. The second-order valence-corrected chi connectivity index (χ2v) is 6.08. The van der Waals surface area contributed by atoms with Crippen molar-refractivity contribution >= 4 is 24.0 Å². The molecule has 2 rings (SSSR count). The minimum atomic E-state index is -0.430. The van der Waals surface area contributed by atoms with Crippen LogP contribution in [0.3, 0.4) is 0 Å². The quantitative estimate of drug-likeness (QED) is 0.762. The number of hydrogen-bond acceptors (Lipinski definition) is 4. The van der Waals surface area contributed by atoms with Gasteiger partial charge < -0.3 is 5.11 Å². The van der Waals surface area contributed by atoms with Gasteiger partial charge in [-0.1, -0.05) is 13.0 Å². The van der Waals surface area contributed by atoms with Crippen molar-refractivity contribution in [1.29, 1.82) is 0 Å². The molecule has 3 atom stereocenters. The Hall–Kier alpha value is -0.710. The number of aliphatic hydroxyl groups is 1. The lowest BCUT2D eigenvalue weighted by molar-refractivity contribution is -0.133. The van der Waals surface area contributed by atoms with Gasteiger partial charge in [0, 0.05) is 25.6 Å². The van der Waals surface area contributed by atoms with Crippen LogP contribution in [0.25, 0.3) is 0 Å². The van der Waals surface area contributed by atoms with Gasteiger partial charge in [-0.3, -0.25) is 14.5 Å². The molecule has 120 valence electrons. The highest BCUT2D eigenvalue weighted by molar-refractivity contribution is 6.08. The molecule has 1 aliphatic carbocycles. The van der Waals surface area contributed by atoms with Gasteiger partial charge in [0.2, 0.25) is 0 Å². The van der Waals surface area contributed by atoms with Gasteiger partial charge in [0.05, 0.1) is 5.92 Å². The standard InChI is InChI=1S/C16H25NO3.ClH/c1-12-5-2-7-14(19)16(12)15(20)11-13-6-3-8-17(13)9-4-10-18;/h2,7,12-13,16,18H,3-6,8-11H2,1H3;1H/t12-,13?,16+;/m0./s1. The molecule has 1 heterocycles. The molecular formula is C16H26ClNO3. The minimum Gasteiger partial charge on any atom is -0.396 e. The Labute approximate surface area is 133 Å². The first-order valence-corrected chi connectivity index (χ1v) is 7.71. The van der Waals surface area contributed by atoms with E-state index in [9.17, 15) is 9.59 Å². The summed E-state index contributed by atoms with van der Waals surface area (Å²) in [6.07, 6.45) is 7.65. The van der Waals surface area contributed by atoms with Crippen LogP contribution in [0.2, 0.25) is 0 Å². The molecule has 1 aliphatic heterocycles. The van der Waals surface area contributed by atoms with Crippen LogP contribution in [0.15, 0.2) is 12.2 Å². The number of Topliss-reactive ketones (excluding diaryl/α,β-unsaturated/α-hetero) is 1. The van der Waals surface area contributed by atoms with Crippen molar-refractivity contribution in [2.24, 2.45) is 11.8 Å². The van der Waals surface area contributed by atoms with Crippen LogP contribution in [-0.4, -0.2) is 47.3 Å². The number of hydrogen-bond donors (Lipinski definition) is 1. The van der Waals surface area contributed by atoms with Gasteiger partial charge in [0.15, 0.2) is 5.78 Å². The van der Waals surface area contributed by atoms with Crippen molar-refractivity contribution in [3.63, 3.8) is 0 Å². The molecule has 0 aromatic carbocycles. The molecule has 0 aromatic rings. The Balaban J connectivity index is 0.00000220. The average molecular weight is 316 g/mol. The minimum absolute atomic E-state index is 0. The van der Waals surface area contributed by atoms with Crippen molar-refractivity contribution in [3.05, 3.63) is 12.2 Å². The second kappa shape index (κ2) is 8.66. The first-order chi connectivity index (χ1) is 9.63. The predicted octanol–water partition coefficient (Wildman–Crippen LogP) is 2.00. The third-order valence-corrected chi connectivity index (χ3v) is 4.55. The third-order valence-electron chi connectivity index (χ3n) is 4.55. The summed E-state index contributed by atoms with van der Waals surface area (Å²) in [5, 5.41) is 8.92. The van der Waals surface area contributed by atoms with E-state index >= 15 is 0 Å².